The highest BCUT2D eigenvalue weighted by Crippen LogP contribution is 2.43. The number of hydrogen-bond donors (Lipinski definition) is 0. The van der Waals surface area contributed by atoms with Crippen LogP contribution >= 0.6 is 11.6 Å². The molecule has 2 aromatic rings. The van der Waals surface area contributed by atoms with E-state index in [1.165, 1.54) is 14.2 Å². The average molecular weight is 449 g/mol. The normalized spacial score (nSPS) is 13.9. The molecule has 0 N–H and O–H groups in total. The number of methoxy groups -OCH3 is 3. The van der Waals surface area contributed by atoms with Crippen LogP contribution in [0.3, 0.4) is 0 Å². The van der Waals surface area contributed by atoms with Crippen LogP contribution in [0, 0.1) is 29.1 Å². The first kappa shape index (κ1) is 23.0. The van der Waals surface area contributed by atoms with Crippen LogP contribution in [0.2, 0.25) is 5.02 Å². The topological polar surface area (TPSA) is 61.8 Å². The van der Waals surface area contributed by atoms with Crippen molar-refractivity contribution in [3.8, 4) is 29.4 Å². The standard InChI is InChI=1S/C26H21ClO5/c1-30-23-14-8-19(9-15-23)5-11-21-17-26(24(28)31-2,25(29)32-3)16-20(21)10-4-18-6-12-22(27)13-7-18/h6-9,12-15H,16-17H2,1-3H3. The van der Waals surface area contributed by atoms with Crippen molar-refractivity contribution in [3.63, 3.8) is 0 Å². The zero-order valence-electron chi connectivity index (χ0n) is 18.0. The van der Waals surface area contributed by atoms with Crippen LogP contribution in [0.15, 0.2) is 59.7 Å². The Morgan fingerprint density at radius 2 is 1.19 bits per heavy atom. The minimum Gasteiger partial charge on any atom is -0.497 e. The van der Waals surface area contributed by atoms with Crippen molar-refractivity contribution in [1.29, 1.82) is 0 Å². The highest BCUT2D eigenvalue weighted by atomic mass is 35.5. The van der Waals surface area contributed by atoms with E-state index < -0.39 is 17.4 Å². The molecule has 5 nitrogen and oxygen atoms in total. The van der Waals surface area contributed by atoms with Crippen LogP contribution in [0.4, 0.5) is 0 Å². The Kier molecular flexibility index (Phi) is 7.25. The number of esters is 2. The zero-order valence-corrected chi connectivity index (χ0v) is 18.7. The van der Waals surface area contributed by atoms with Gasteiger partial charge in [0.15, 0.2) is 5.41 Å². The van der Waals surface area contributed by atoms with Crippen molar-refractivity contribution in [2.75, 3.05) is 21.3 Å². The summed E-state index contributed by atoms with van der Waals surface area (Å²) in [5.74, 6) is 11.7. The van der Waals surface area contributed by atoms with Crippen molar-refractivity contribution < 1.29 is 23.8 Å². The third kappa shape index (κ3) is 4.97. The summed E-state index contributed by atoms with van der Waals surface area (Å²) in [7, 11) is 4.08. The Balaban J connectivity index is 2.02. The molecule has 0 aromatic heterocycles. The van der Waals surface area contributed by atoms with Gasteiger partial charge in [-0.15, -0.1) is 0 Å². The smallest absolute Gasteiger partial charge is 0.323 e. The first-order valence-electron chi connectivity index (χ1n) is 9.74. The molecule has 0 saturated carbocycles. The predicted octanol–water partition coefficient (Wildman–Crippen LogP) is 4.17. The number of hydrogen-bond acceptors (Lipinski definition) is 5. The first-order valence-corrected chi connectivity index (χ1v) is 10.1. The number of benzene rings is 2. The molecule has 3 rings (SSSR count). The second-order valence-corrected chi connectivity index (χ2v) is 7.55. The maximum atomic E-state index is 12.6. The van der Waals surface area contributed by atoms with Gasteiger partial charge in [0.2, 0.25) is 0 Å². The summed E-state index contributed by atoms with van der Waals surface area (Å²) in [6.45, 7) is 0. The summed E-state index contributed by atoms with van der Waals surface area (Å²) in [6, 6.07) is 14.3. The highest BCUT2D eigenvalue weighted by Gasteiger charge is 2.53. The van der Waals surface area contributed by atoms with Gasteiger partial charge in [-0.3, -0.25) is 9.59 Å². The van der Waals surface area contributed by atoms with Crippen molar-refractivity contribution in [1.82, 2.24) is 0 Å². The molecule has 1 aliphatic rings. The number of carbonyl (C=O) groups is 2. The fourth-order valence-electron chi connectivity index (χ4n) is 3.38. The van der Waals surface area contributed by atoms with E-state index in [1.807, 2.05) is 24.3 Å². The summed E-state index contributed by atoms with van der Waals surface area (Å²) in [6.07, 6.45) is 0.111. The Morgan fingerprint density at radius 1 is 0.750 bits per heavy atom. The van der Waals surface area contributed by atoms with Crippen LogP contribution < -0.4 is 4.74 Å². The molecule has 0 atom stereocenters. The highest BCUT2D eigenvalue weighted by molar-refractivity contribution is 6.30. The molecular weight excluding hydrogens is 428 g/mol. The molecule has 0 fully saturated rings. The second kappa shape index (κ2) is 10.1. The minimum atomic E-state index is -1.50. The molecule has 0 saturated heterocycles. The molecule has 0 radical (unpaired) electrons. The van der Waals surface area contributed by atoms with E-state index in [2.05, 4.69) is 23.7 Å². The number of halogens is 1. The molecule has 0 spiro atoms. The fraction of sp³-hybridized carbons (Fsp3) is 0.231. The van der Waals surface area contributed by atoms with Crippen molar-refractivity contribution in [2.24, 2.45) is 5.41 Å². The predicted molar refractivity (Wildman–Crippen MR) is 121 cm³/mol. The molecule has 32 heavy (non-hydrogen) atoms. The summed E-state index contributed by atoms with van der Waals surface area (Å²) in [4.78, 5) is 25.2. The molecule has 162 valence electrons. The molecule has 0 heterocycles. The third-order valence-corrected chi connectivity index (χ3v) is 5.38. The van der Waals surface area contributed by atoms with Gasteiger partial charge in [0.25, 0.3) is 0 Å². The fourth-order valence-corrected chi connectivity index (χ4v) is 3.51. The molecule has 6 heteroatoms. The van der Waals surface area contributed by atoms with Gasteiger partial charge >= 0.3 is 11.9 Å². The molecule has 2 aromatic carbocycles. The van der Waals surface area contributed by atoms with Crippen molar-refractivity contribution >= 4 is 23.5 Å². The van der Waals surface area contributed by atoms with E-state index in [0.717, 1.165) is 16.9 Å². The van der Waals surface area contributed by atoms with Gasteiger partial charge in [-0.2, -0.15) is 0 Å². The summed E-state index contributed by atoms with van der Waals surface area (Å²) in [5, 5.41) is 0.608. The second-order valence-electron chi connectivity index (χ2n) is 7.11. The van der Waals surface area contributed by atoms with Gasteiger partial charge in [0, 0.05) is 40.1 Å². The van der Waals surface area contributed by atoms with Gasteiger partial charge in [0.1, 0.15) is 5.75 Å². The van der Waals surface area contributed by atoms with E-state index in [4.69, 9.17) is 25.8 Å². The lowest BCUT2D eigenvalue weighted by molar-refractivity contribution is -0.168. The molecule has 1 aliphatic carbocycles. The van der Waals surface area contributed by atoms with Gasteiger partial charge < -0.3 is 14.2 Å². The lowest BCUT2D eigenvalue weighted by Gasteiger charge is -2.22. The first-order chi connectivity index (χ1) is 15.4. The number of allylic oxidation sites excluding steroid dienone is 2. The van der Waals surface area contributed by atoms with E-state index in [0.29, 0.717) is 16.2 Å². The maximum Gasteiger partial charge on any atom is 0.323 e. The van der Waals surface area contributed by atoms with Crippen LogP contribution in [-0.2, 0) is 19.1 Å². The quantitative estimate of drug-likeness (QED) is 0.400. The summed E-state index contributed by atoms with van der Waals surface area (Å²) in [5.41, 5.74) is 1.20. The average Bonchev–Trinajstić information content (AvgIpc) is 3.21. The Bertz CT molecular complexity index is 1150. The van der Waals surface area contributed by atoms with Crippen LogP contribution in [-0.4, -0.2) is 33.3 Å². The molecule has 0 aliphatic heterocycles. The molecule has 0 amide bonds. The number of carbonyl (C=O) groups excluding carboxylic acids is 2. The van der Waals surface area contributed by atoms with Crippen LogP contribution in [0.1, 0.15) is 24.0 Å². The number of rotatable bonds is 3. The van der Waals surface area contributed by atoms with Crippen molar-refractivity contribution in [3.05, 3.63) is 75.8 Å². The SMILES string of the molecule is COC(=O)C1(C(=O)OC)CC(C#Cc2ccc(Cl)cc2)=C(C#Cc2ccc(OC)cc2)C1. The Labute approximate surface area is 192 Å². The number of ether oxygens (including phenoxy) is 3. The van der Waals surface area contributed by atoms with Crippen LogP contribution in [0.25, 0.3) is 0 Å². The maximum absolute atomic E-state index is 12.6. The van der Waals surface area contributed by atoms with Gasteiger partial charge in [-0.25, -0.2) is 0 Å². The van der Waals surface area contributed by atoms with E-state index in [-0.39, 0.29) is 12.8 Å². The molecule has 0 unspecified atom stereocenters. The van der Waals surface area contributed by atoms with Crippen LogP contribution in [0.5, 0.6) is 5.75 Å². The largest absolute Gasteiger partial charge is 0.497 e. The zero-order chi connectivity index (χ0) is 23.1. The van der Waals surface area contributed by atoms with E-state index >= 15 is 0 Å². The lowest BCUT2D eigenvalue weighted by atomic mass is 9.83. The summed E-state index contributed by atoms with van der Waals surface area (Å²) < 4.78 is 15.0. The van der Waals surface area contributed by atoms with E-state index in [9.17, 15) is 9.59 Å². The Morgan fingerprint density at radius 3 is 1.59 bits per heavy atom. The van der Waals surface area contributed by atoms with Gasteiger partial charge in [-0.05, 0) is 48.5 Å². The minimum absolute atomic E-state index is 0.0551. The lowest BCUT2D eigenvalue weighted by Crippen LogP contribution is -2.39. The van der Waals surface area contributed by atoms with Gasteiger partial charge in [0.05, 0.1) is 21.3 Å². The Hall–Kier alpha value is -3.67. The molecule has 0 bridgehead atoms. The monoisotopic (exact) mass is 448 g/mol. The molecular formula is C26H21ClO5. The van der Waals surface area contributed by atoms with Crippen molar-refractivity contribution in [2.45, 2.75) is 12.8 Å². The summed E-state index contributed by atoms with van der Waals surface area (Å²) >= 11 is 5.93. The third-order valence-electron chi connectivity index (χ3n) is 5.12. The van der Waals surface area contributed by atoms with Gasteiger partial charge in [-0.1, -0.05) is 35.3 Å². The van der Waals surface area contributed by atoms with E-state index in [1.54, 1.807) is 31.4 Å².